The zero-order valence-electron chi connectivity index (χ0n) is 14.1. The average Bonchev–Trinajstić information content (AvgIpc) is 2.45. The molecular formula is C19H34O2. The number of allylic oxidation sites excluding steroid dienone is 2. The molecule has 0 radical (unpaired) electrons. The molecule has 0 fully saturated rings. The van der Waals surface area contributed by atoms with E-state index in [-0.39, 0.29) is 5.41 Å². The first-order chi connectivity index (χ1) is 10.1. The molecule has 0 amide bonds. The molecule has 0 spiro atoms. The van der Waals surface area contributed by atoms with Gasteiger partial charge in [-0.3, -0.25) is 4.79 Å². The maximum absolute atomic E-state index is 11.6. The van der Waals surface area contributed by atoms with Crippen LogP contribution in [0, 0.1) is 5.41 Å². The molecule has 2 nitrogen and oxygen atoms in total. The SMILES string of the molecule is CC1(C)CCC(=O)C=C1CCCCCCCCCCCO. The topological polar surface area (TPSA) is 37.3 Å². The zero-order chi connectivity index (χ0) is 15.6. The van der Waals surface area contributed by atoms with Crippen LogP contribution in [0.5, 0.6) is 0 Å². The minimum atomic E-state index is 0.237. The van der Waals surface area contributed by atoms with Gasteiger partial charge in [0.05, 0.1) is 0 Å². The van der Waals surface area contributed by atoms with E-state index in [0.29, 0.717) is 12.4 Å². The van der Waals surface area contributed by atoms with E-state index in [1.54, 1.807) is 0 Å². The number of aliphatic hydroxyl groups excluding tert-OH is 1. The van der Waals surface area contributed by atoms with Gasteiger partial charge in [0.25, 0.3) is 0 Å². The van der Waals surface area contributed by atoms with Gasteiger partial charge in [0.15, 0.2) is 5.78 Å². The van der Waals surface area contributed by atoms with Crippen molar-refractivity contribution in [3.63, 3.8) is 0 Å². The number of hydrogen-bond acceptors (Lipinski definition) is 2. The normalized spacial score (nSPS) is 17.9. The van der Waals surface area contributed by atoms with Gasteiger partial charge < -0.3 is 5.11 Å². The van der Waals surface area contributed by atoms with Crippen molar-refractivity contribution in [3.8, 4) is 0 Å². The molecule has 0 saturated heterocycles. The van der Waals surface area contributed by atoms with Gasteiger partial charge >= 0.3 is 0 Å². The molecule has 0 aromatic heterocycles. The number of aliphatic hydroxyl groups is 1. The molecule has 0 unspecified atom stereocenters. The summed E-state index contributed by atoms with van der Waals surface area (Å²) in [6, 6.07) is 0. The predicted molar refractivity (Wildman–Crippen MR) is 89.4 cm³/mol. The molecule has 0 aliphatic heterocycles. The molecule has 21 heavy (non-hydrogen) atoms. The van der Waals surface area contributed by atoms with Gasteiger partial charge in [0.1, 0.15) is 0 Å². The van der Waals surface area contributed by atoms with Crippen LogP contribution in [0.25, 0.3) is 0 Å². The fraction of sp³-hybridized carbons (Fsp3) is 0.842. The van der Waals surface area contributed by atoms with E-state index in [1.807, 2.05) is 6.08 Å². The van der Waals surface area contributed by atoms with Crippen LogP contribution < -0.4 is 0 Å². The summed E-state index contributed by atoms with van der Waals surface area (Å²) in [6.45, 7) is 4.89. The Bertz CT molecular complexity index is 328. The van der Waals surface area contributed by atoms with Crippen LogP contribution in [0.2, 0.25) is 0 Å². The molecule has 1 aliphatic carbocycles. The highest BCUT2D eigenvalue weighted by molar-refractivity contribution is 5.91. The fourth-order valence-electron chi connectivity index (χ4n) is 3.13. The number of rotatable bonds is 11. The summed E-state index contributed by atoms with van der Waals surface area (Å²) in [7, 11) is 0. The lowest BCUT2D eigenvalue weighted by Gasteiger charge is -2.31. The average molecular weight is 294 g/mol. The van der Waals surface area contributed by atoms with E-state index in [1.165, 1.54) is 56.9 Å². The highest BCUT2D eigenvalue weighted by atomic mass is 16.2. The molecular weight excluding hydrogens is 260 g/mol. The van der Waals surface area contributed by atoms with Crippen molar-refractivity contribution in [3.05, 3.63) is 11.6 Å². The molecule has 0 heterocycles. The Hall–Kier alpha value is -0.630. The van der Waals surface area contributed by atoms with Gasteiger partial charge in [0, 0.05) is 13.0 Å². The second kappa shape index (κ2) is 10.2. The van der Waals surface area contributed by atoms with Gasteiger partial charge in [-0.1, -0.05) is 64.4 Å². The number of carbonyl (C=O) groups is 1. The smallest absolute Gasteiger partial charge is 0.155 e. The Morgan fingerprint density at radius 3 is 2.05 bits per heavy atom. The molecule has 0 atom stereocenters. The van der Waals surface area contributed by atoms with Crippen LogP contribution in [0.4, 0.5) is 0 Å². The summed E-state index contributed by atoms with van der Waals surface area (Å²) < 4.78 is 0. The Balaban J connectivity index is 2.02. The first-order valence-electron chi connectivity index (χ1n) is 8.91. The summed E-state index contributed by atoms with van der Waals surface area (Å²) >= 11 is 0. The second-order valence-corrected chi connectivity index (χ2v) is 7.18. The minimum absolute atomic E-state index is 0.237. The van der Waals surface area contributed by atoms with Crippen molar-refractivity contribution in [1.29, 1.82) is 0 Å². The fourth-order valence-corrected chi connectivity index (χ4v) is 3.13. The van der Waals surface area contributed by atoms with E-state index in [2.05, 4.69) is 13.8 Å². The van der Waals surface area contributed by atoms with E-state index in [0.717, 1.165) is 25.7 Å². The molecule has 0 aromatic rings. The monoisotopic (exact) mass is 294 g/mol. The van der Waals surface area contributed by atoms with Crippen molar-refractivity contribution in [2.24, 2.45) is 5.41 Å². The van der Waals surface area contributed by atoms with Crippen LogP contribution in [-0.2, 0) is 4.79 Å². The van der Waals surface area contributed by atoms with Crippen molar-refractivity contribution in [2.75, 3.05) is 6.61 Å². The van der Waals surface area contributed by atoms with Crippen LogP contribution >= 0.6 is 0 Å². The van der Waals surface area contributed by atoms with E-state index >= 15 is 0 Å². The highest BCUT2D eigenvalue weighted by Gasteiger charge is 2.27. The lowest BCUT2D eigenvalue weighted by Crippen LogP contribution is -2.22. The van der Waals surface area contributed by atoms with E-state index < -0.39 is 0 Å². The quantitative estimate of drug-likeness (QED) is 0.532. The first-order valence-corrected chi connectivity index (χ1v) is 8.91. The Morgan fingerprint density at radius 2 is 1.48 bits per heavy atom. The Morgan fingerprint density at radius 1 is 0.952 bits per heavy atom. The summed E-state index contributed by atoms with van der Waals surface area (Å²) in [5, 5.41) is 8.70. The van der Waals surface area contributed by atoms with Crippen LogP contribution in [-0.4, -0.2) is 17.5 Å². The molecule has 2 heteroatoms. The maximum atomic E-state index is 11.6. The van der Waals surface area contributed by atoms with E-state index in [4.69, 9.17) is 5.11 Å². The van der Waals surface area contributed by atoms with Crippen molar-refractivity contribution in [2.45, 2.75) is 90.9 Å². The highest BCUT2D eigenvalue weighted by Crippen LogP contribution is 2.38. The summed E-state index contributed by atoms with van der Waals surface area (Å²) in [5.41, 5.74) is 1.61. The molecule has 1 aliphatic rings. The summed E-state index contributed by atoms with van der Waals surface area (Å²) in [6.07, 6.45) is 16.0. The number of unbranched alkanes of at least 4 members (excludes halogenated alkanes) is 8. The molecule has 122 valence electrons. The Labute approximate surface area is 131 Å². The van der Waals surface area contributed by atoms with Gasteiger partial charge in [-0.05, 0) is 37.2 Å². The van der Waals surface area contributed by atoms with Gasteiger partial charge in [0.2, 0.25) is 0 Å². The molecule has 1 rings (SSSR count). The third-order valence-electron chi connectivity index (χ3n) is 4.81. The van der Waals surface area contributed by atoms with Gasteiger partial charge in [-0.25, -0.2) is 0 Å². The van der Waals surface area contributed by atoms with Crippen LogP contribution in [0.15, 0.2) is 11.6 Å². The lowest BCUT2D eigenvalue weighted by atomic mass is 9.73. The van der Waals surface area contributed by atoms with Gasteiger partial charge in [-0.2, -0.15) is 0 Å². The number of hydrogen-bond donors (Lipinski definition) is 1. The molecule has 1 N–H and O–H groups in total. The zero-order valence-corrected chi connectivity index (χ0v) is 14.1. The second-order valence-electron chi connectivity index (χ2n) is 7.18. The summed E-state index contributed by atoms with van der Waals surface area (Å²) in [4.78, 5) is 11.6. The van der Waals surface area contributed by atoms with Crippen molar-refractivity contribution < 1.29 is 9.90 Å². The van der Waals surface area contributed by atoms with Crippen LogP contribution in [0.3, 0.4) is 0 Å². The van der Waals surface area contributed by atoms with Crippen LogP contribution in [0.1, 0.15) is 90.9 Å². The largest absolute Gasteiger partial charge is 0.396 e. The Kier molecular flexibility index (Phi) is 8.91. The third kappa shape index (κ3) is 7.80. The van der Waals surface area contributed by atoms with Crippen molar-refractivity contribution >= 4 is 5.78 Å². The number of carbonyl (C=O) groups excluding carboxylic acids is 1. The van der Waals surface area contributed by atoms with E-state index in [9.17, 15) is 4.79 Å². The predicted octanol–water partition coefficient (Wildman–Crippen LogP) is 5.20. The lowest BCUT2D eigenvalue weighted by molar-refractivity contribution is -0.115. The minimum Gasteiger partial charge on any atom is -0.396 e. The standard InChI is InChI=1S/C19H34O2/c1-19(2)14-13-18(21)16-17(19)12-10-8-6-4-3-5-7-9-11-15-20/h16,20H,3-15H2,1-2H3. The van der Waals surface area contributed by atoms with Crippen molar-refractivity contribution in [1.82, 2.24) is 0 Å². The maximum Gasteiger partial charge on any atom is 0.155 e. The molecule has 0 aromatic carbocycles. The summed E-state index contributed by atoms with van der Waals surface area (Å²) in [5.74, 6) is 0.326. The first kappa shape index (κ1) is 18.4. The molecule has 0 saturated carbocycles. The molecule has 0 bridgehead atoms. The van der Waals surface area contributed by atoms with Gasteiger partial charge in [-0.15, -0.1) is 0 Å². The third-order valence-corrected chi connectivity index (χ3v) is 4.81. The number of ketones is 1.